The highest BCUT2D eigenvalue weighted by atomic mass is 32.2. The summed E-state index contributed by atoms with van der Waals surface area (Å²) in [6.45, 7) is 7.39. The molecule has 108 valence electrons. The van der Waals surface area contributed by atoms with E-state index in [0.717, 1.165) is 12.1 Å². The smallest absolute Gasteiger partial charge is 0.175 e. The van der Waals surface area contributed by atoms with Crippen molar-refractivity contribution in [1.82, 2.24) is 5.32 Å². The summed E-state index contributed by atoms with van der Waals surface area (Å²) in [5.41, 5.74) is 1.10. The fraction of sp³-hybridized carbons (Fsp3) is 0.571. The van der Waals surface area contributed by atoms with Crippen LogP contribution in [-0.4, -0.2) is 32.2 Å². The molecule has 0 heterocycles. The summed E-state index contributed by atoms with van der Waals surface area (Å²) < 4.78 is 23.0. The van der Waals surface area contributed by atoms with Crippen LogP contribution in [0.1, 0.15) is 32.4 Å². The van der Waals surface area contributed by atoms with E-state index in [1.54, 1.807) is 12.1 Å². The number of sulfone groups is 1. The standard InChI is InChI=1S/C14H23NO2S2/c1-11(15-10-14(2,3)18-4)12-6-8-13(9-7-12)19(5,16)17/h6-9,11,15H,10H2,1-5H3. The second kappa shape index (κ2) is 6.29. The minimum absolute atomic E-state index is 0.195. The Morgan fingerprint density at radius 2 is 1.79 bits per heavy atom. The van der Waals surface area contributed by atoms with Crippen molar-refractivity contribution < 1.29 is 8.42 Å². The van der Waals surface area contributed by atoms with Gasteiger partial charge in [0.2, 0.25) is 0 Å². The molecule has 3 nitrogen and oxygen atoms in total. The number of nitrogens with one attached hydrogen (secondary N) is 1. The zero-order valence-corrected chi connectivity index (χ0v) is 13.9. The van der Waals surface area contributed by atoms with Crippen molar-refractivity contribution in [3.63, 3.8) is 0 Å². The Bertz CT molecular complexity index is 507. The van der Waals surface area contributed by atoms with Gasteiger partial charge in [0.25, 0.3) is 0 Å². The van der Waals surface area contributed by atoms with E-state index in [9.17, 15) is 8.42 Å². The molecule has 0 saturated heterocycles. The van der Waals surface area contributed by atoms with Gasteiger partial charge in [0.05, 0.1) is 4.90 Å². The topological polar surface area (TPSA) is 46.2 Å². The van der Waals surface area contributed by atoms with Crippen LogP contribution in [-0.2, 0) is 9.84 Å². The van der Waals surface area contributed by atoms with Crippen molar-refractivity contribution in [3.8, 4) is 0 Å². The first-order chi connectivity index (χ1) is 8.65. The molecule has 0 bridgehead atoms. The molecular weight excluding hydrogens is 278 g/mol. The average molecular weight is 301 g/mol. The van der Waals surface area contributed by atoms with Gasteiger partial charge in [0, 0.05) is 23.6 Å². The largest absolute Gasteiger partial charge is 0.309 e. The molecule has 1 rings (SSSR count). The van der Waals surface area contributed by atoms with E-state index in [-0.39, 0.29) is 10.8 Å². The molecule has 1 N–H and O–H groups in total. The fourth-order valence-corrected chi connectivity index (χ4v) is 2.45. The normalized spacial score (nSPS) is 14.4. The van der Waals surface area contributed by atoms with Crippen LogP contribution >= 0.6 is 11.8 Å². The van der Waals surface area contributed by atoms with E-state index in [1.165, 1.54) is 6.26 Å². The third kappa shape index (κ3) is 5.16. The van der Waals surface area contributed by atoms with E-state index < -0.39 is 9.84 Å². The van der Waals surface area contributed by atoms with Gasteiger partial charge in [0.1, 0.15) is 0 Å². The SMILES string of the molecule is CSC(C)(C)CNC(C)c1ccc(S(C)(=O)=O)cc1. The van der Waals surface area contributed by atoms with Crippen LogP contribution in [0.15, 0.2) is 29.2 Å². The lowest BCUT2D eigenvalue weighted by atomic mass is 10.1. The summed E-state index contributed by atoms with van der Waals surface area (Å²) >= 11 is 1.83. The highest BCUT2D eigenvalue weighted by Gasteiger charge is 2.17. The van der Waals surface area contributed by atoms with Crippen molar-refractivity contribution >= 4 is 21.6 Å². The van der Waals surface area contributed by atoms with Crippen LogP contribution < -0.4 is 5.32 Å². The summed E-state index contributed by atoms with van der Waals surface area (Å²) in [4.78, 5) is 0.368. The molecular formula is C14H23NO2S2. The third-order valence-electron chi connectivity index (χ3n) is 3.19. The first-order valence-electron chi connectivity index (χ1n) is 6.24. The number of thioether (sulfide) groups is 1. The molecule has 0 aliphatic carbocycles. The predicted molar refractivity (Wildman–Crippen MR) is 83.6 cm³/mol. The Kier molecular flexibility index (Phi) is 5.47. The first kappa shape index (κ1) is 16.5. The van der Waals surface area contributed by atoms with E-state index in [2.05, 4.69) is 32.3 Å². The van der Waals surface area contributed by atoms with Crippen LogP contribution in [0.4, 0.5) is 0 Å². The molecule has 0 spiro atoms. The monoisotopic (exact) mass is 301 g/mol. The van der Waals surface area contributed by atoms with Crippen molar-refractivity contribution in [3.05, 3.63) is 29.8 Å². The molecule has 0 saturated carbocycles. The summed E-state index contributed by atoms with van der Waals surface area (Å²) in [7, 11) is -3.11. The van der Waals surface area contributed by atoms with Gasteiger partial charge < -0.3 is 5.32 Å². The second-order valence-electron chi connectivity index (χ2n) is 5.41. The molecule has 0 aliphatic heterocycles. The van der Waals surface area contributed by atoms with Gasteiger partial charge in [-0.15, -0.1) is 0 Å². The van der Waals surface area contributed by atoms with E-state index >= 15 is 0 Å². The molecule has 0 fully saturated rings. The van der Waals surface area contributed by atoms with Gasteiger partial charge in [-0.3, -0.25) is 0 Å². The number of hydrogen-bond acceptors (Lipinski definition) is 4. The predicted octanol–water partition coefficient (Wildman–Crippen LogP) is 2.88. The number of benzene rings is 1. The van der Waals surface area contributed by atoms with Crippen molar-refractivity contribution in [1.29, 1.82) is 0 Å². The summed E-state index contributed by atoms with van der Waals surface area (Å²) in [5.74, 6) is 0. The van der Waals surface area contributed by atoms with E-state index in [0.29, 0.717) is 4.90 Å². The van der Waals surface area contributed by atoms with Crippen LogP contribution in [0.3, 0.4) is 0 Å². The molecule has 1 aromatic carbocycles. The third-order valence-corrected chi connectivity index (χ3v) is 5.57. The molecule has 0 radical (unpaired) electrons. The van der Waals surface area contributed by atoms with Crippen LogP contribution in [0.25, 0.3) is 0 Å². The Morgan fingerprint density at radius 3 is 2.21 bits per heavy atom. The maximum absolute atomic E-state index is 11.4. The summed E-state index contributed by atoms with van der Waals surface area (Å²) in [6, 6.07) is 7.30. The quantitative estimate of drug-likeness (QED) is 0.877. The zero-order chi connectivity index (χ0) is 14.7. The molecule has 5 heteroatoms. The lowest BCUT2D eigenvalue weighted by Crippen LogP contribution is -2.33. The molecule has 19 heavy (non-hydrogen) atoms. The van der Waals surface area contributed by atoms with Gasteiger partial charge in [-0.1, -0.05) is 12.1 Å². The van der Waals surface area contributed by atoms with Crippen LogP contribution in [0.5, 0.6) is 0 Å². The Labute approximate surface area is 121 Å². The van der Waals surface area contributed by atoms with E-state index in [1.807, 2.05) is 23.9 Å². The van der Waals surface area contributed by atoms with Gasteiger partial charge in [-0.05, 0) is 44.7 Å². The maximum Gasteiger partial charge on any atom is 0.175 e. The summed E-state index contributed by atoms with van der Waals surface area (Å²) in [6.07, 6.45) is 3.33. The second-order valence-corrected chi connectivity index (χ2v) is 8.94. The number of rotatable bonds is 6. The average Bonchev–Trinajstić information content (AvgIpc) is 2.35. The highest BCUT2D eigenvalue weighted by Crippen LogP contribution is 2.22. The molecule has 0 amide bonds. The Morgan fingerprint density at radius 1 is 1.26 bits per heavy atom. The summed E-state index contributed by atoms with van der Waals surface area (Å²) in [5, 5.41) is 3.48. The minimum Gasteiger partial charge on any atom is -0.309 e. The number of hydrogen-bond donors (Lipinski definition) is 1. The molecule has 1 unspecified atom stereocenters. The fourth-order valence-electron chi connectivity index (χ4n) is 1.59. The van der Waals surface area contributed by atoms with Crippen molar-refractivity contribution in [2.45, 2.75) is 36.5 Å². The highest BCUT2D eigenvalue weighted by molar-refractivity contribution is 7.99. The molecule has 1 atom stereocenters. The van der Waals surface area contributed by atoms with Gasteiger partial charge in [0.15, 0.2) is 9.84 Å². The Balaban J connectivity index is 2.71. The minimum atomic E-state index is -3.11. The van der Waals surface area contributed by atoms with Crippen LogP contribution in [0, 0.1) is 0 Å². The van der Waals surface area contributed by atoms with Crippen molar-refractivity contribution in [2.24, 2.45) is 0 Å². The first-order valence-corrected chi connectivity index (χ1v) is 9.36. The van der Waals surface area contributed by atoms with Crippen molar-refractivity contribution in [2.75, 3.05) is 19.1 Å². The Hall–Kier alpha value is -0.520. The van der Waals surface area contributed by atoms with E-state index in [4.69, 9.17) is 0 Å². The van der Waals surface area contributed by atoms with Crippen LogP contribution in [0.2, 0.25) is 0 Å². The van der Waals surface area contributed by atoms with Gasteiger partial charge in [-0.25, -0.2) is 8.42 Å². The zero-order valence-electron chi connectivity index (χ0n) is 12.2. The van der Waals surface area contributed by atoms with Gasteiger partial charge in [-0.2, -0.15) is 11.8 Å². The molecule has 0 aromatic heterocycles. The van der Waals surface area contributed by atoms with Gasteiger partial charge >= 0.3 is 0 Å². The maximum atomic E-state index is 11.4. The lowest BCUT2D eigenvalue weighted by molar-refractivity contribution is 0.522. The molecule has 1 aromatic rings. The molecule has 0 aliphatic rings. The lowest BCUT2D eigenvalue weighted by Gasteiger charge is -2.25.